The van der Waals surface area contributed by atoms with Crippen LogP contribution in [0.3, 0.4) is 0 Å². The monoisotopic (exact) mass is 454 g/mol. The van der Waals surface area contributed by atoms with Crippen molar-refractivity contribution in [1.82, 2.24) is 14.8 Å². The van der Waals surface area contributed by atoms with Gasteiger partial charge in [-0.25, -0.2) is 4.39 Å². The zero-order chi connectivity index (χ0) is 18.7. The Balaban J connectivity index is 1.66. The van der Waals surface area contributed by atoms with E-state index in [9.17, 15) is 9.18 Å². The molecule has 0 saturated carbocycles. The number of amides is 1. The van der Waals surface area contributed by atoms with Gasteiger partial charge < -0.3 is 9.88 Å². The molecule has 0 atom stereocenters. The molecule has 26 heavy (non-hydrogen) atoms. The van der Waals surface area contributed by atoms with Gasteiger partial charge in [0.2, 0.25) is 5.91 Å². The number of carbonyl (C=O) groups is 1. The zero-order valence-corrected chi connectivity index (χ0v) is 16.7. The maximum Gasteiger partial charge on any atom is 0.234 e. The summed E-state index contributed by atoms with van der Waals surface area (Å²) in [5.41, 5.74) is 0.970. The Morgan fingerprint density at radius 2 is 2.08 bits per heavy atom. The molecular formula is C17H13BrClFN4OS. The lowest BCUT2D eigenvalue weighted by atomic mass is 10.2. The van der Waals surface area contributed by atoms with Crippen LogP contribution in [0.2, 0.25) is 5.02 Å². The van der Waals surface area contributed by atoms with E-state index in [2.05, 4.69) is 31.4 Å². The van der Waals surface area contributed by atoms with E-state index in [4.69, 9.17) is 11.6 Å². The van der Waals surface area contributed by atoms with Gasteiger partial charge in [-0.15, -0.1) is 10.2 Å². The number of thioether (sulfide) groups is 1. The first-order valence-electron chi connectivity index (χ1n) is 7.47. The van der Waals surface area contributed by atoms with Crippen LogP contribution in [-0.2, 0) is 11.8 Å². The van der Waals surface area contributed by atoms with Gasteiger partial charge >= 0.3 is 0 Å². The third-order valence-electron chi connectivity index (χ3n) is 3.49. The van der Waals surface area contributed by atoms with Crippen LogP contribution in [0.25, 0.3) is 11.4 Å². The van der Waals surface area contributed by atoms with Gasteiger partial charge in [0.1, 0.15) is 5.82 Å². The SMILES string of the molecule is Cn1c(SCC(=O)Nc2ccc(Br)c(Cl)c2)nnc1-c1ccccc1F. The van der Waals surface area contributed by atoms with Crippen LogP contribution >= 0.6 is 39.3 Å². The van der Waals surface area contributed by atoms with E-state index in [0.717, 1.165) is 4.47 Å². The summed E-state index contributed by atoms with van der Waals surface area (Å²) in [4.78, 5) is 12.1. The summed E-state index contributed by atoms with van der Waals surface area (Å²) in [6, 6.07) is 11.5. The number of aromatic nitrogens is 3. The Labute approximate surface area is 167 Å². The van der Waals surface area contributed by atoms with Crippen LogP contribution in [0.5, 0.6) is 0 Å². The molecule has 0 bridgehead atoms. The van der Waals surface area contributed by atoms with Crippen molar-refractivity contribution < 1.29 is 9.18 Å². The van der Waals surface area contributed by atoms with Crippen molar-refractivity contribution in [3.8, 4) is 11.4 Å². The van der Waals surface area contributed by atoms with Crippen molar-refractivity contribution in [3.05, 3.63) is 57.8 Å². The summed E-state index contributed by atoms with van der Waals surface area (Å²) in [6.07, 6.45) is 0. The average Bonchev–Trinajstić information content (AvgIpc) is 2.97. The van der Waals surface area contributed by atoms with Gasteiger partial charge in [-0.1, -0.05) is 35.5 Å². The van der Waals surface area contributed by atoms with Gasteiger partial charge in [0.25, 0.3) is 0 Å². The molecule has 0 radical (unpaired) electrons. The number of hydrogen-bond donors (Lipinski definition) is 1. The molecule has 2 aromatic carbocycles. The maximum absolute atomic E-state index is 13.9. The minimum atomic E-state index is -0.371. The molecule has 1 heterocycles. The van der Waals surface area contributed by atoms with Crippen molar-refractivity contribution in [2.24, 2.45) is 7.05 Å². The molecule has 3 rings (SSSR count). The molecule has 5 nitrogen and oxygen atoms in total. The third-order valence-corrected chi connectivity index (χ3v) is 5.74. The van der Waals surface area contributed by atoms with Gasteiger partial charge in [0.15, 0.2) is 11.0 Å². The molecule has 1 aromatic heterocycles. The molecule has 1 amide bonds. The molecular weight excluding hydrogens is 443 g/mol. The fourth-order valence-corrected chi connectivity index (χ4v) is 3.36. The van der Waals surface area contributed by atoms with E-state index in [-0.39, 0.29) is 17.5 Å². The molecule has 0 aliphatic carbocycles. The summed E-state index contributed by atoms with van der Waals surface area (Å²) in [7, 11) is 1.73. The first-order valence-corrected chi connectivity index (χ1v) is 9.63. The van der Waals surface area contributed by atoms with Crippen LogP contribution in [-0.4, -0.2) is 26.4 Å². The van der Waals surface area contributed by atoms with Gasteiger partial charge in [-0.3, -0.25) is 4.79 Å². The standard InChI is InChI=1S/C17H13BrClFN4OS/c1-24-16(11-4-2-3-5-14(11)20)22-23-17(24)26-9-15(25)21-10-6-7-12(18)13(19)8-10/h2-8H,9H2,1H3,(H,21,25). The zero-order valence-electron chi connectivity index (χ0n) is 13.5. The topological polar surface area (TPSA) is 59.8 Å². The van der Waals surface area contributed by atoms with E-state index in [1.807, 2.05) is 0 Å². The van der Waals surface area contributed by atoms with Gasteiger partial charge in [0.05, 0.1) is 16.3 Å². The lowest BCUT2D eigenvalue weighted by molar-refractivity contribution is -0.113. The molecule has 1 N–H and O–H groups in total. The van der Waals surface area contributed by atoms with Crippen LogP contribution < -0.4 is 5.32 Å². The van der Waals surface area contributed by atoms with Crippen molar-refractivity contribution in [2.75, 3.05) is 11.1 Å². The summed E-state index contributed by atoms with van der Waals surface area (Å²) >= 11 is 10.5. The lowest BCUT2D eigenvalue weighted by Crippen LogP contribution is -2.14. The van der Waals surface area contributed by atoms with Gasteiger partial charge in [0, 0.05) is 17.2 Å². The molecule has 0 fully saturated rings. The quantitative estimate of drug-likeness (QED) is 0.563. The van der Waals surface area contributed by atoms with Gasteiger partial charge in [-0.2, -0.15) is 0 Å². The number of benzene rings is 2. The Bertz CT molecular complexity index is 966. The number of carbonyl (C=O) groups excluding carboxylic acids is 1. The fraction of sp³-hybridized carbons (Fsp3) is 0.118. The first-order chi connectivity index (χ1) is 12.5. The van der Waals surface area contributed by atoms with E-state index in [1.54, 1.807) is 48.0 Å². The van der Waals surface area contributed by atoms with Crippen molar-refractivity contribution in [3.63, 3.8) is 0 Å². The normalized spacial score (nSPS) is 10.8. The van der Waals surface area contributed by atoms with Crippen LogP contribution in [0, 0.1) is 5.82 Å². The predicted molar refractivity (Wildman–Crippen MR) is 105 cm³/mol. The number of nitrogens with zero attached hydrogens (tertiary/aromatic N) is 3. The second-order valence-corrected chi connectivity index (χ2v) is 7.51. The maximum atomic E-state index is 13.9. The minimum absolute atomic E-state index is 0.136. The smallest absolute Gasteiger partial charge is 0.234 e. The molecule has 0 saturated heterocycles. The second kappa shape index (κ2) is 8.20. The molecule has 0 aliphatic heterocycles. The van der Waals surface area contributed by atoms with E-state index in [0.29, 0.717) is 27.3 Å². The molecule has 0 spiro atoms. The number of hydrogen-bond acceptors (Lipinski definition) is 4. The van der Waals surface area contributed by atoms with Gasteiger partial charge in [-0.05, 0) is 46.3 Å². The Hall–Kier alpha value is -1.90. The van der Waals surface area contributed by atoms with E-state index in [1.165, 1.54) is 17.8 Å². The van der Waals surface area contributed by atoms with Crippen molar-refractivity contribution in [2.45, 2.75) is 5.16 Å². The Kier molecular flexibility index (Phi) is 5.95. The highest BCUT2D eigenvalue weighted by Crippen LogP contribution is 2.27. The minimum Gasteiger partial charge on any atom is -0.325 e. The molecule has 0 aliphatic rings. The highest BCUT2D eigenvalue weighted by molar-refractivity contribution is 9.10. The number of halogens is 3. The second-order valence-electron chi connectivity index (χ2n) is 5.31. The van der Waals surface area contributed by atoms with Crippen LogP contribution in [0.15, 0.2) is 52.1 Å². The average molecular weight is 456 g/mol. The molecule has 3 aromatic rings. The highest BCUT2D eigenvalue weighted by Gasteiger charge is 2.15. The number of nitrogens with one attached hydrogen (secondary N) is 1. The third kappa shape index (κ3) is 4.25. The number of rotatable bonds is 5. The Morgan fingerprint density at radius 1 is 1.31 bits per heavy atom. The largest absolute Gasteiger partial charge is 0.325 e. The van der Waals surface area contributed by atoms with Crippen LogP contribution in [0.1, 0.15) is 0 Å². The first kappa shape index (κ1) is 18.9. The predicted octanol–water partition coefficient (Wildman–Crippen LogP) is 4.77. The molecule has 9 heteroatoms. The lowest BCUT2D eigenvalue weighted by Gasteiger charge is -2.07. The van der Waals surface area contributed by atoms with E-state index < -0.39 is 0 Å². The molecule has 0 unspecified atom stereocenters. The summed E-state index contributed by atoms with van der Waals surface area (Å²) in [5, 5.41) is 11.9. The molecule has 134 valence electrons. The summed E-state index contributed by atoms with van der Waals surface area (Å²) in [5.74, 6) is -0.0318. The fourth-order valence-electron chi connectivity index (χ4n) is 2.22. The Morgan fingerprint density at radius 3 is 2.81 bits per heavy atom. The van der Waals surface area contributed by atoms with E-state index >= 15 is 0 Å². The van der Waals surface area contributed by atoms with Crippen molar-refractivity contribution in [1.29, 1.82) is 0 Å². The summed E-state index contributed by atoms with van der Waals surface area (Å²) in [6.45, 7) is 0. The highest BCUT2D eigenvalue weighted by atomic mass is 79.9. The van der Waals surface area contributed by atoms with Crippen LogP contribution in [0.4, 0.5) is 10.1 Å². The number of anilines is 1. The summed E-state index contributed by atoms with van der Waals surface area (Å²) < 4.78 is 16.3. The van der Waals surface area contributed by atoms with Crippen molar-refractivity contribution >= 4 is 50.9 Å².